The Morgan fingerprint density at radius 1 is 1.00 bits per heavy atom. The quantitative estimate of drug-likeness (QED) is 0.627. The van der Waals surface area contributed by atoms with Crippen molar-refractivity contribution in [3.8, 4) is 11.5 Å². The molecule has 1 aromatic heterocycles. The van der Waals surface area contributed by atoms with Crippen molar-refractivity contribution < 1.29 is 14.3 Å². The highest BCUT2D eigenvalue weighted by atomic mass is 16.5. The zero-order valence-electron chi connectivity index (χ0n) is 16.2. The molecule has 0 radical (unpaired) electrons. The van der Waals surface area contributed by atoms with Gasteiger partial charge in [0.05, 0.1) is 19.9 Å². The average Bonchev–Trinajstić information content (AvgIpc) is 2.74. The van der Waals surface area contributed by atoms with Gasteiger partial charge in [-0.25, -0.2) is 4.98 Å². The van der Waals surface area contributed by atoms with Crippen LogP contribution in [0.5, 0.6) is 11.5 Å². The molecule has 0 saturated heterocycles. The van der Waals surface area contributed by atoms with Gasteiger partial charge < -0.3 is 20.1 Å². The number of aromatic nitrogens is 1. The first-order valence-electron chi connectivity index (χ1n) is 8.98. The van der Waals surface area contributed by atoms with Gasteiger partial charge in [0.25, 0.3) is 5.91 Å². The summed E-state index contributed by atoms with van der Waals surface area (Å²) in [6.07, 6.45) is 2.59. The average molecular weight is 377 g/mol. The molecule has 144 valence electrons. The third-order valence-electron chi connectivity index (χ3n) is 4.31. The van der Waals surface area contributed by atoms with E-state index < -0.39 is 0 Å². The lowest BCUT2D eigenvalue weighted by Gasteiger charge is -2.12. The van der Waals surface area contributed by atoms with Crippen molar-refractivity contribution >= 4 is 23.1 Å². The molecule has 0 spiro atoms. The third kappa shape index (κ3) is 4.59. The molecule has 2 aromatic carbocycles. The second-order valence-corrected chi connectivity index (χ2v) is 6.13. The van der Waals surface area contributed by atoms with Gasteiger partial charge in [-0.2, -0.15) is 0 Å². The van der Waals surface area contributed by atoms with E-state index >= 15 is 0 Å². The Morgan fingerprint density at radius 2 is 1.79 bits per heavy atom. The maximum absolute atomic E-state index is 12.7. The molecule has 28 heavy (non-hydrogen) atoms. The molecule has 3 aromatic rings. The van der Waals surface area contributed by atoms with E-state index in [0.717, 1.165) is 12.1 Å². The lowest BCUT2D eigenvalue weighted by molar-refractivity contribution is 0.102. The van der Waals surface area contributed by atoms with Crippen LogP contribution in [-0.4, -0.2) is 25.1 Å². The molecule has 0 fully saturated rings. The minimum atomic E-state index is -0.254. The minimum Gasteiger partial charge on any atom is -0.497 e. The first-order valence-corrected chi connectivity index (χ1v) is 8.98. The number of ether oxygens (including phenoxy) is 2. The molecular weight excluding hydrogens is 354 g/mol. The number of amides is 1. The van der Waals surface area contributed by atoms with Gasteiger partial charge in [-0.05, 0) is 48.4 Å². The zero-order chi connectivity index (χ0) is 19.9. The summed E-state index contributed by atoms with van der Waals surface area (Å²) in [5.41, 5.74) is 3.23. The van der Waals surface area contributed by atoms with Crippen molar-refractivity contribution in [3.05, 3.63) is 71.9 Å². The predicted molar refractivity (Wildman–Crippen MR) is 111 cm³/mol. The number of anilines is 3. The molecule has 0 saturated carbocycles. The van der Waals surface area contributed by atoms with E-state index in [0.29, 0.717) is 28.6 Å². The van der Waals surface area contributed by atoms with Crippen molar-refractivity contribution in [1.29, 1.82) is 0 Å². The zero-order valence-corrected chi connectivity index (χ0v) is 16.2. The van der Waals surface area contributed by atoms with Crippen LogP contribution in [0.3, 0.4) is 0 Å². The van der Waals surface area contributed by atoms with Gasteiger partial charge in [0.2, 0.25) is 0 Å². The standard InChI is InChI=1S/C22H23N3O3/c1-4-15-5-7-17(8-6-15)24-21-13-16(11-12-23-21)22(26)25-19-10-9-18(27-2)14-20(19)28-3/h5-14H,4H2,1-3H3,(H,23,24)(H,25,26). The van der Waals surface area contributed by atoms with E-state index in [9.17, 15) is 4.79 Å². The van der Waals surface area contributed by atoms with Gasteiger partial charge in [-0.15, -0.1) is 0 Å². The highest BCUT2D eigenvalue weighted by Gasteiger charge is 2.12. The maximum Gasteiger partial charge on any atom is 0.255 e. The molecule has 0 aliphatic carbocycles. The Kier molecular flexibility index (Phi) is 6.11. The molecule has 0 atom stereocenters. The Morgan fingerprint density at radius 3 is 2.46 bits per heavy atom. The van der Waals surface area contributed by atoms with Crippen molar-refractivity contribution in [1.82, 2.24) is 4.98 Å². The van der Waals surface area contributed by atoms with Gasteiger partial charge >= 0.3 is 0 Å². The fourth-order valence-electron chi connectivity index (χ4n) is 2.71. The summed E-state index contributed by atoms with van der Waals surface area (Å²) >= 11 is 0. The highest BCUT2D eigenvalue weighted by Crippen LogP contribution is 2.29. The van der Waals surface area contributed by atoms with Crippen LogP contribution in [0, 0.1) is 0 Å². The first kappa shape index (κ1) is 19.2. The SMILES string of the molecule is CCc1ccc(Nc2cc(C(=O)Nc3ccc(OC)cc3OC)ccn2)cc1. The number of rotatable bonds is 7. The van der Waals surface area contributed by atoms with Gasteiger partial charge in [0.15, 0.2) is 0 Å². The van der Waals surface area contributed by atoms with Crippen LogP contribution in [0.4, 0.5) is 17.2 Å². The van der Waals surface area contributed by atoms with E-state index in [1.165, 1.54) is 5.56 Å². The minimum absolute atomic E-state index is 0.254. The second kappa shape index (κ2) is 8.90. The number of hydrogen-bond acceptors (Lipinski definition) is 5. The van der Waals surface area contributed by atoms with Crippen LogP contribution in [0.1, 0.15) is 22.8 Å². The fourth-order valence-corrected chi connectivity index (χ4v) is 2.71. The van der Waals surface area contributed by atoms with Gasteiger partial charge in [0, 0.05) is 23.5 Å². The molecule has 0 aliphatic heterocycles. The summed E-state index contributed by atoms with van der Waals surface area (Å²) in [6.45, 7) is 2.11. The van der Waals surface area contributed by atoms with Gasteiger partial charge in [-0.1, -0.05) is 19.1 Å². The first-order chi connectivity index (χ1) is 13.6. The van der Waals surface area contributed by atoms with E-state index in [1.54, 1.807) is 50.7 Å². The number of nitrogens with one attached hydrogen (secondary N) is 2. The number of carbonyl (C=O) groups excluding carboxylic acids is 1. The largest absolute Gasteiger partial charge is 0.497 e. The third-order valence-corrected chi connectivity index (χ3v) is 4.31. The molecule has 0 unspecified atom stereocenters. The fraction of sp³-hybridized carbons (Fsp3) is 0.182. The van der Waals surface area contributed by atoms with Crippen LogP contribution >= 0.6 is 0 Å². The Labute approximate surface area is 164 Å². The molecule has 2 N–H and O–H groups in total. The van der Waals surface area contributed by atoms with Gasteiger partial charge in [-0.3, -0.25) is 4.79 Å². The Hall–Kier alpha value is -3.54. The molecule has 1 heterocycles. The molecule has 0 aliphatic rings. The van der Waals surface area contributed by atoms with Crippen molar-refractivity contribution in [2.45, 2.75) is 13.3 Å². The molecule has 3 rings (SSSR count). The normalized spacial score (nSPS) is 10.2. The van der Waals surface area contributed by atoms with E-state index in [1.807, 2.05) is 12.1 Å². The monoisotopic (exact) mass is 377 g/mol. The lowest BCUT2D eigenvalue weighted by atomic mass is 10.1. The van der Waals surface area contributed by atoms with E-state index in [2.05, 4.69) is 34.7 Å². The summed E-state index contributed by atoms with van der Waals surface area (Å²) < 4.78 is 10.5. The van der Waals surface area contributed by atoms with Crippen LogP contribution in [0.25, 0.3) is 0 Å². The van der Waals surface area contributed by atoms with E-state index in [-0.39, 0.29) is 5.91 Å². The number of aryl methyl sites for hydroxylation is 1. The molecule has 1 amide bonds. The maximum atomic E-state index is 12.7. The number of hydrogen-bond donors (Lipinski definition) is 2. The highest BCUT2D eigenvalue weighted by molar-refractivity contribution is 6.05. The Bertz CT molecular complexity index is 955. The summed E-state index contributed by atoms with van der Waals surface area (Å²) in [5.74, 6) is 1.52. The molecular formula is C22H23N3O3. The number of carbonyl (C=O) groups is 1. The van der Waals surface area contributed by atoms with Crippen LogP contribution in [0.2, 0.25) is 0 Å². The smallest absolute Gasteiger partial charge is 0.255 e. The van der Waals surface area contributed by atoms with Crippen LogP contribution in [-0.2, 0) is 6.42 Å². The summed E-state index contributed by atoms with van der Waals surface area (Å²) in [6, 6.07) is 16.7. The summed E-state index contributed by atoms with van der Waals surface area (Å²) in [5, 5.41) is 6.08. The van der Waals surface area contributed by atoms with Crippen LogP contribution in [0.15, 0.2) is 60.8 Å². The van der Waals surface area contributed by atoms with Crippen molar-refractivity contribution in [2.75, 3.05) is 24.9 Å². The van der Waals surface area contributed by atoms with Crippen molar-refractivity contribution in [2.24, 2.45) is 0 Å². The summed E-state index contributed by atoms with van der Waals surface area (Å²) in [7, 11) is 3.12. The van der Waals surface area contributed by atoms with Crippen molar-refractivity contribution in [3.63, 3.8) is 0 Å². The molecule has 0 bridgehead atoms. The Balaban J connectivity index is 1.75. The summed E-state index contributed by atoms with van der Waals surface area (Å²) in [4.78, 5) is 17.0. The molecule has 6 heteroatoms. The van der Waals surface area contributed by atoms with E-state index in [4.69, 9.17) is 9.47 Å². The predicted octanol–water partition coefficient (Wildman–Crippen LogP) is 4.66. The number of benzene rings is 2. The molecule has 6 nitrogen and oxygen atoms in total. The second-order valence-electron chi connectivity index (χ2n) is 6.13. The van der Waals surface area contributed by atoms with Gasteiger partial charge in [0.1, 0.15) is 17.3 Å². The topological polar surface area (TPSA) is 72.5 Å². The number of nitrogens with zero attached hydrogens (tertiary/aromatic N) is 1. The lowest BCUT2D eigenvalue weighted by Crippen LogP contribution is -2.13. The number of pyridine rings is 1. The van der Waals surface area contributed by atoms with Crippen LogP contribution < -0.4 is 20.1 Å². The number of methoxy groups -OCH3 is 2.